The molecule has 0 radical (unpaired) electrons. The molecule has 0 spiro atoms. The van der Waals surface area contributed by atoms with Gasteiger partial charge in [-0.2, -0.15) is 0 Å². The number of nitrogen functional groups attached to an aromatic ring is 1. The summed E-state index contributed by atoms with van der Waals surface area (Å²) in [6, 6.07) is 5.65. The normalized spacial score (nSPS) is 15.8. The zero-order valence-electron chi connectivity index (χ0n) is 11.1. The number of benzene rings is 1. The van der Waals surface area contributed by atoms with Gasteiger partial charge in [-0.1, -0.05) is 0 Å². The molecule has 0 unspecified atom stereocenters. The van der Waals surface area contributed by atoms with E-state index in [0.29, 0.717) is 24.6 Å². The summed E-state index contributed by atoms with van der Waals surface area (Å²) < 4.78 is 24.2. The third kappa shape index (κ3) is 2.78. The molecule has 1 aliphatic carbocycles. The molecule has 1 aromatic carbocycles. The molecule has 1 aromatic heterocycles. The molecule has 4 N–H and O–H groups in total. The van der Waals surface area contributed by atoms with Crippen LogP contribution in [0.4, 0.5) is 5.69 Å². The highest BCUT2D eigenvalue weighted by Gasteiger charge is 2.29. The molecular formula is C13H18N4O2S. The number of fused-ring (bicyclic) bond motifs is 1. The Bertz CT molecular complexity index is 747. The molecule has 108 valence electrons. The highest BCUT2D eigenvalue weighted by Crippen LogP contribution is 2.40. The van der Waals surface area contributed by atoms with E-state index in [4.69, 9.17) is 10.9 Å². The number of rotatable bonds is 5. The van der Waals surface area contributed by atoms with Gasteiger partial charge >= 0.3 is 0 Å². The number of hydrogen-bond donors (Lipinski definition) is 2. The second-order valence-electron chi connectivity index (χ2n) is 5.36. The molecule has 1 aliphatic rings. The van der Waals surface area contributed by atoms with Crippen LogP contribution in [0, 0.1) is 0 Å². The van der Waals surface area contributed by atoms with Crippen molar-refractivity contribution in [3.63, 3.8) is 0 Å². The Morgan fingerprint density at radius 3 is 2.75 bits per heavy atom. The van der Waals surface area contributed by atoms with Crippen LogP contribution in [0.1, 0.15) is 31.0 Å². The van der Waals surface area contributed by atoms with Gasteiger partial charge in [0.15, 0.2) is 0 Å². The van der Waals surface area contributed by atoms with E-state index >= 15 is 0 Å². The predicted molar refractivity (Wildman–Crippen MR) is 78.7 cm³/mol. The lowest BCUT2D eigenvalue weighted by atomic mass is 10.3. The van der Waals surface area contributed by atoms with Gasteiger partial charge in [-0.3, -0.25) is 0 Å². The van der Waals surface area contributed by atoms with E-state index in [1.54, 1.807) is 0 Å². The van der Waals surface area contributed by atoms with Gasteiger partial charge in [0.05, 0.1) is 16.8 Å². The lowest BCUT2D eigenvalue weighted by Gasteiger charge is -2.08. The van der Waals surface area contributed by atoms with Crippen LogP contribution in [-0.4, -0.2) is 23.7 Å². The number of nitrogens with zero attached hydrogens (tertiary/aromatic N) is 2. The topological polar surface area (TPSA) is 104 Å². The Labute approximate surface area is 117 Å². The van der Waals surface area contributed by atoms with Crippen LogP contribution in [0.25, 0.3) is 11.0 Å². The summed E-state index contributed by atoms with van der Waals surface area (Å²) in [5.41, 5.74) is 8.36. The van der Waals surface area contributed by atoms with Crippen LogP contribution in [0.3, 0.4) is 0 Å². The second kappa shape index (κ2) is 4.75. The van der Waals surface area contributed by atoms with Crippen LogP contribution in [0.15, 0.2) is 18.2 Å². The van der Waals surface area contributed by atoms with E-state index in [9.17, 15) is 8.42 Å². The third-order valence-electron chi connectivity index (χ3n) is 3.55. The molecule has 0 amide bonds. The molecular weight excluding hydrogens is 276 g/mol. The van der Waals surface area contributed by atoms with E-state index < -0.39 is 10.0 Å². The second-order valence-corrected chi connectivity index (χ2v) is 7.10. The number of hydrogen-bond acceptors (Lipinski definition) is 4. The Hall–Kier alpha value is -1.60. The number of anilines is 1. The summed E-state index contributed by atoms with van der Waals surface area (Å²) in [5.74, 6) is 1.53. The van der Waals surface area contributed by atoms with Gasteiger partial charge in [-0.25, -0.2) is 18.5 Å². The largest absolute Gasteiger partial charge is 0.399 e. The Morgan fingerprint density at radius 2 is 2.10 bits per heavy atom. The molecule has 1 fully saturated rings. The molecule has 0 bridgehead atoms. The van der Waals surface area contributed by atoms with Crippen molar-refractivity contribution in [3.05, 3.63) is 24.0 Å². The fraction of sp³-hybridized carbons (Fsp3) is 0.462. The van der Waals surface area contributed by atoms with Crippen molar-refractivity contribution in [2.45, 2.75) is 31.7 Å². The van der Waals surface area contributed by atoms with Crippen molar-refractivity contribution < 1.29 is 8.42 Å². The molecule has 3 rings (SSSR count). The minimum absolute atomic E-state index is 0.00818. The van der Waals surface area contributed by atoms with Crippen molar-refractivity contribution >= 4 is 26.7 Å². The minimum Gasteiger partial charge on any atom is -0.399 e. The van der Waals surface area contributed by atoms with Crippen LogP contribution < -0.4 is 10.9 Å². The van der Waals surface area contributed by atoms with Crippen molar-refractivity contribution in [2.24, 2.45) is 5.14 Å². The van der Waals surface area contributed by atoms with Gasteiger partial charge in [-0.15, -0.1) is 0 Å². The number of nitrogens with two attached hydrogens (primary N) is 2. The highest BCUT2D eigenvalue weighted by molar-refractivity contribution is 7.89. The first kappa shape index (κ1) is 13.4. The van der Waals surface area contributed by atoms with E-state index in [1.165, 1.54) is 0 Å². The van der Waals surface area contributed by atoms with Crippen molar-refractivity contribution in [1.82, 2.24) is 9.55 Å². The maximum Gasteiger partial charge on any atom is 0.209 e. The molecule has 6 nitrogen and oxygen atoms in total. The average Bonchev–Trinajstić information content (AvgIpc) is 3.12. The predicted octanol–water partition coefficient (Wildman–Crippen LogP) is 1.17. The Kier molecular flexibility index (Phi) is 3.18. The Balaban J connectivity index is 1.92. The van der Waals surface area contributed by atoms with E-state index in [2.05, 4.69) is 9.55 Å². The first-order valence-corrected chi connectivity index (χ1v) is 8.42. The highest BCUT2D eigenvalue weighted by atomic mass is 32.2. The lowest BCUT2D eigenvalue weighted by Crippen LogP contribution is -2.18. The van der Waals surface area contributed by atoms with Crippen LogP contribution in [0.5, 0.6) is 0 Å². The van der Waals surface area contributed by atoms with Gasteiger partial charge in [0, 0.05) is 18.2 Å². The minimum atomic E-state index is -3.41. The number of imidazole rings is 1. The zero-order chi connectivity index (χ0) is 14.3. The molecule has 1 saturated carbocycles. The SMILES string of the molecule is Nc1ccc2c(c1)nc(C1CC1)n2CCCS(N)(=O)=O. The van der Waals surface area contributed by atoms with Crippen molar-refractivity contribution in [3.8, 4) is 0 Å². The molecule has 0 saturated heterocycles. The smallest absolute Gasteiger partial charge is 0.209 e. The lowest BCUT2D eigenvalue weighted by molar-refractivity contribution is 0.586. The summed E-state index contributed by atoms with van der Waals surface area (Å²) in [7, 11) is -3.41. The van der Waals surface area contributed by atoms with Crippen LogP contribution >= 0.6 is 0 Å². The Morgan fingerprint density at radius 1 is 1.35 bits per heavy atom. The first-order chi connectivity index (χ1) is 9.44. The molecule has 0 aliphatic heterocycles. The van der Waals surface area contributed by atoms with Crippen molar-refractivity contribution in [2.75, 3.05) is 11.5 Å². The van der Waals surface area contributed by atoms with Gasteiger partial charge in [0.1, 0.15) is 5.82 Å². The number of sulfonamides is 1. The maximum atomic E-state index is 11.0. The monoisotopic (exact) mass is 294 g/mol. The van der Waals surface area contributed by atoms with Crippen LogP contribution in [-0.2, 0) is 16.6 Å². The van der Waals surface area contributed by atoms with E-state index in [0.717, 1.165) is 29.7 Å². The number of aryl methyl sites for hydroxylation is 1. The number of aromatic nitrogens is 2. The third-order valence-corrected chi connectivity index (χ3v) is 4.41. The molecule has 0 atom stereocenters. The van der Waals surface area contributed by atoms with Crippen molar-refractivity contribution in [1.29, 1.82) is 0 Å². The molecule has 1 heterocycles. The van der Waals surface area contributed by atoms with Gasteiger partial charge < -0.3 is 10.3 Å². The summed E-state index contributed by atoms with van der Waals surface area (Å²) in [6.07, 6.45) is 2.79. The molecule has 7 heteroatoms. The summed E-state index contributed by atoms with van der Waals surface area (Å²) in [5, 5.41) is 5.05. The fourth-order valence-electron chi connectivity index (χ4n) is 2.48. The average molecular weight is 294 g/mol. The zero-order valence-corrected chi connectivity index (χ0v) is 11.9. The summed E-state index contributed by atoms with van der Waals surface area (Å²) in [6.45, 7) is 0.614. The van der Waals surface area contributed by atoms with Gasteiger partial charge in [-0.05, 0) is 37.5 Å². The molecule has 20 heavy (non-hydrogen) atoms. The van der Waals surface area contributed by atoms with E-state index in [-0.39, 0.29) is 5.75 Å². The summed E-state index contributed by atoms with van der Waals surface area (Å²) >= 11 is 0. The fourth-order valence-corrected chi connectivity index (χ4v) is 3.01. The number of primary sulfonamides is 1. The van der Waals surface area contributed by atoms with Gasteiger partial charge in [0.25, 0.3) is 0 Å². The van der Waals surface area contributed by atoms with Crippen LogP contribution in [0.2, 0.25) is 0 Å². The van der Waals surface area contributed by atoms with E-state index in [1.807, 2.05) is 18.2 Å². The molecule has 2 aromatic rings. The van der Waals surface area contributed by atoms with Gasteiger partial charge in [0.2, 0.25) is 10.0 Å². The standard InChI is InChI=1S/C13H18N4O2S/c14-10-4-5-12-11(8-10)16-13(9-2-3-9)17(12)6-1-7-20(15,18)19/h4-5,8-9H,1-3,6-7,14H2,(H2,15,18,19). The first-order valence-electron chi connectivity index (χ1n) is 6.70. The summed E-state index contributed by atoms with van der Waals surface area (Å²) in [4.78, 5) is 4.65. The maximum absolute atomic E-state index is 11.0. The quantitative estimate of drug-likeness (QED) is 0.808.